The van der Waals surface area contributed by atoms with Crippen LogP contribution in [0.4, 0.5) is 0 Å². The van der Waals surface area contributed by atoms with Crippen LogP contribution in [-0.2, 0) is 16.6 Å². The number of hydrogen-bond acceptors (Lipinski definition) is 4. The Morgan fingerprint density at radius 1 is 0.889 bits per heavy atom. The maximum Gasteiger partial charge on any atom is 0.343 e. The summed E-state index contributed by atoms with van der Waals surface area (Å²) < 4.78 is 6.47. The highest BCUT2D eigenvalue weighted by atomic mass is 79.9. The van der Waals surface area contributed by atoms with Gasteiger partial charge < -0.3 is 4.74 Å². The van der Waals surface area contributed by atoms with Crippen LogP contribution < -0.4 is 10.2 Å². The molecule has 1 N–H and O–H groups in total. The molecule has 5 nitrogen and oxygen atoms in total. The van der Waals surface area contributed by atoms with Gasteiger partial charge in [0.1, 0.15) is 5.75 Å². The van der Waals surface area contributed by atoms with Gasteiger partial charge in [0, 0.05) is 4.47 Å². The molecule has 0 aliphatic carbocycles. The molecule has 0 saturated carbocycles. The molecule has 4 rings (SSSR count). The summed E-state index contributed by atoms with van der Waals surface area (Å²) >= 11 is 3.55. The van der Waals surface area contributed by atoms with Gasteiger partial charge >= 0.3 is 5.97 Å². The van der Waals surface area contributed by atoms with Crippen LogP contribution in [0.3, 0.4) is 0 Å². The Bertz CT molecular complexity index is 1420. The molecular weight excluding hydrogens is 516 g/mol. The first-order valence-electron chi connectivity index (χ1n) is 11.6. The van der Waals surface area contributed by atoms with Crippen molar-refractivity contribution < 1.29 is 14.3 Å². The monoisotopic (exact) mass is 542 g/mol. The zero-order valence-electron chi connectivity index (χ0n) is 20.4. The molecule has 0 unspecified atom stereocenters. The van der Waals surface area contributed by atoms with Crippen molar-refractivity contribution in [3.05, 3.63) is 112 Å². The molecule has 6 heteroatoms. The second kappa shape index (κ2) is 10.9. The van der Waals surface area contributed by atoms with Crippen molar-refractivity contribution in [1.82, 2.24) is 5.43 Å². The summed E-state index contributed by atoms with van der Waals surface area (Å²) in [7, 11) is 0. The Labute approximate surface area is 219 Å². The van der Waals surface area contributed by atoms with Crippen LogP contribution in [0, 0.1) is 0 Å². The second-order valence-electron chi connectivity index (χ2n) is 9.51. The highest BCUT2D eigenvalue weighted by Gasteiger charge is 2.15. The predicted octanol–water partition coefficient (Wildman–Crippen LogP) is 6.81. The van der Waals surface area contributed by atoms with E-state index in [9.17, 15) is 9.59 Å². The number of ether oxygens (including phenoxy) is 1. The SMILES string of the molecule is CC(C)(C)c1ccc(C(=O)Oc2ccc(C=NNC(=O)Cc3ccc(Br)c4ccccc34)cc2)cc1. The van der Waals surface area contributed by atoms with Crippen molar-refractivity contribution >= 4 is 44.8 Å². The minimum absolute atomic E-state index is 0.0205. The molecule has 0 fully saturated rings. The van der Waals surface area contributed by atoms with Crippen molar-refractivity contribution in [2.24, 2.45) is 5.10 Å². The van der Waals surface area contributed by atoms with E-state index in [4.69, 9.17) is 4.74 Å². The third kappa shape index (κ3) is 6.26. The fourth-order valence-corrected chi connectivity index (χ4v) is 4.24. The lowest BCUT2D eigenvalue weighted by Gasteiger charge is -2.18. The van der Waals surface area contributed by atoms with Crippen LogP contribution in [0.25, 0.3) is 10.8 Å². The van der Waals surface area contributed by atoms with Gasteiger partial charge in [-0.05, 0) is 75.3 Å². The molecule has 0 aliphatic rings. The molecule has 0 atom stereocenters. The zero-order valence-corrected chi connectivity index (χ0v) is 22.0. The largest absolute Gasteiger partial charge is 0.423 e. The highest BCUT2D eigenvalue weighted by molar-refractivity contribution is 9.10. The van der Waals surface area contributed by atoms with Crippen molar-refractivity contribution in [3.63, 3.8) is 0 Å². The molecule has 0 radical (unpaired) electrons. The maximum atomic E-state index is 12.5. The molecule has 0 saturated heterocycles. The molecule has 0 spiro atoms. The molecule has 0 bridgehead atoms. The lowest BCUT2D eigenvalue weighted by atomic mass is 9.87. The number of esters is 1. The minimum atomic E-state index is -0.412. The summed E-state index contributed by atoms with van der Waals surface area (Å²) in [5, 5.41) is 6.15. The van der Waals surface area contributed by atoms with Gasteiger partial charge in [-0.25, -0.2) is 10.2 Å². The van der Waals surface area contributed by atoms with E-state index < -0.39 is 5.97 Å². The van der Waals surface area contributed by atoms with E-state index in [1.807, 2.05) is 48.5 Å². The van der Waals surface area contributed by atoms with Gasteiger partial charge in [0.25, 0.3) is 0 Å². The Balaban J connectivity index is 1.32. The Kier molecular flexibility index (Phi) is 7.65. The molecule has 0 heterocycles. The number of halogens is 1. The molecule has 0 aromatic heterocycles. The Morgan fingerprint density at radius 3 is 2.22 bits per heavy atom. The number of carbonyl (C=O) groups is 2. The number of amides is 1. The van der Waals surface area contributed by atoms with Crippen LogP contribution in [0.15, 0.2) is 94.5 Å². The average molecular weight is 543 g/mol. The van der Waals surface area contributed by atoms with E-state index in [2.05, 4.69) is 47.2 Å². The lowest BCUT2D eigenvalue weighted by Crippen LogP contribution is -2.19. The van der Waals surface area contributed by atoms with E-state index in [-0.39, 0.29) is 17.7 Å². The number of fused-ring (bicyclic) bond motifs is 1. The quantitative estimate of drug-likeness (QED) is 0.126. The van der Waals surface area contributed by atoms with Crippen molar-refractivity contribution in [1.29, 1.82) is 0 Å². The van der Waals surface area contributed by atoms with Crippen molar-refractivity contribution in [2.45, 2.75) is 32.6 Å². The third-order valence-corrected chi connectivity index (χ3v) is 6.48. The topological polar surface area (TPSA) is 67.8 Å². The predicted molar refractivity (Wildman–Crippen MR) is 148 cm³/mol. The second-order valence-corrected chi connectivity index (χ2v) is 10.4. The van der Waals surface area contributed by atoms with Gasteiger partial charge in [0.2, 0.25) is 5.91 Å². The number of nitrogens with zero attached hydrogens (tertiary/aromatic N) is 1. The fourth-order valence-electron chi connectivity index (χ4n) is 3.76. The van der Waals surface area contributed by atoms with E-state index in [1.54, 1.807) is 42.6 Å². The minimum Gasteiger partial charge on any atom is -0.423 e. The zero-order chi connectivity index (χ0) is 25.7. The summed E-state index contributed by atoms with van der Waals surface area (Å²) in [6.07, 6.45) is 1.77. The van der Waals surface area contributed by atoms with E-state index in [0.717, 1.165) is 31.9 Å². The summed E-state index contributed by atoms with van der Waals surface area (Å²) in [6.45, 7) is 6.38. The van der Waals surface area contributed by atoms with Crippen LogP contribution in [0.1, 0.15) is 47.8 Å². The number of nitrogens with one attached hydrogen (secondary N) is 1. The number of carbonyl (C=O) groups excluding carboxylic acids is 2. The molecule has 0 aliphatic heterocycles. The first kappa shape index (κ1) is 25.3. The maximum absolute atomic E-state index is 12.5. The average Bonchev–Trinajstić information content (AvgIpc) is 2.86. The first-order chi connectivity index (χ1) is 17.2. The van der Waals surface area contributed by atoms with Gasteiger partial charge in [-0.2, -0.15) is 5.10 Å². The van der Waals surface area contributed by atoms with Crippen molar-refractivity contribution in [2.75, 3.05) is 0 Å². The smallest absolute Gasteiger partial charge is 0.343 e. The van der Waals surface area contributed by atoms with Gasteiger partial charge in [-0.3, -0.25) is 4.79 Å². The third-order valence-electron chi connectivity index (χ3n) is 5.79. The summed E-state index contributed by atoms with van der Waals surface area (Å²) in [5.41, 5.74) is 5.94. The van der Waals surface area contributed by atoms with Gasteiger partial charge in [-0.15, -0.1) is 0 Å². The Morgan fingerprint density at radius 2 is 1.56 bits per heavy atom. The molecular formula is C30H27BrN2O3. The number of benzene rings is 4. The number of rotatable bonds is 6. The summed E-state index contributed by atoms with van der Waals surface area (Å²) in [6, 6.07) is 26.2. The van der Waals surface area contributed by atoms with Crippen molar-refractivity contribution in [3.8, 4) is 5.75 Å². The van der Waals surface area contributed by atoms with Crippen LogP contribution in [-0.4, -0.2) is 18.1 Å². The van der Waals surface area contributed by atoms with Gasteiger partial charge in [0.15, 0.2) is 0 Å². The van der Waals surface area contributed by atoms with E-state index in [1.165, 1.54) is 0 Å². The highest BCUT2D eigenvalue weighted by Crippen LogP contribution is 2.27. The Hall–Kier alpha value is -3.77. The normalized spacial score (nSPS) is 11.6. The van der Waals surface area contributed by atoms with Crippen LogP contribution >= 0.6 is 15.9 Å². The first-order valence-corrected chi connectivity index (χ1v) is 12.4. The number of hydrazone groups is 1. The summed E-state index contributed by atoms with van der Waals surface area (Å²) in [5.74, 6) is -0.186. The molecule has 1 amide bonds. The van der Waals surface area contributed by atoms with E-state index >= 15 is 0 Å². The van der Waals surface area contributed by atoms with Gasteiger partial charge in [-0.1, -0.05) is 79.2 Å². The van der Waals surface area contributed by atoms with E-state index in [0.29, 0.717) is 11.3 Å². The standard InChI is InChI=1S/C30H27BrN2O3/c1-30(2,3)23-13-10-21(11-14-23)29(35)36-24-15-8-20(9-16-24)19-32-33-28(34)18-22-12-17-27(31)26-7-5-4-6-25(22)26/h4-17,19H,18H2,1-3H3,(H,33,34). The lowest BCUT2D eigenvalue weighted by molar-refractivity contribution is -0.120. The molecule has 4 aromatic rings. The number of hydrogen-bond donors (Lipinski definition) is 1. The van der Waals surface area contributed by atoms with Crippen LogP contribution in [0.5, 0.6) is 5.75 Å². The summed E-state index contributed by atoms with van der Waals surface area (Å²) in [4.78, 5) is 24.9. The molecule has 182 valence electrons. The van der Waals surface area contributed by atoms with Gasteiger partial charge in [0.05, 0.1) is 18.2 Å². The fraction of sp³-hybridized carbons (Fsp3) is 0.167. The molecule has 36 heavy (non-hydrogen) atoms. The molecule has 4 aromatic carbocycles. The van der Waals surface area contributed by atoms with Crippen LogP contribution in [0.2, 0.25) is 0 Å².